The van der Waals surface area contributed by atoms with Gasteiger partial charge in [-0.25, -0.2) is 4.39 Å². The standard InChI is InChI=1S/C15H22FNO3/c1-15(2,3)17(8-7-14(18)19)10-11-5-6-12(20-4)9-13(11)16/h5-6,9H,7-8,10H2,1-4H3,(H,18,19). The van der Waals surface area contributed by atoms with Crippen molar-refractivity contribution in [3.63, 3.8) is 0 Å². The molecule has 0 bridgehead atoms. The number of hydrogen-bond acceptors (Lipinski definition) is 3. The van der Waals surface area contributed by atoms with E-state index in [2.05, 4.69) is 0 Å². The minimum atomic E-state index is -0.852. The van der Waals surface area contributed by atoms with Crippen molar-refractivity contribution >= 4 is 5.97 Å². The van der Waals surface area contributed by atoms with E-state index in [1.54, 1.807) is 12.1 Å². The van der Waals surface area contributed by atoms with Gasteiger partial charge in [0.15, 0.2) is 0 Å². The fourth-order valence-electron chi connectivity index (χ4n) is 1.87. The van der Waals surface area contributed by atoms with Crippen molar-refractivity contribution in [1.82, 2.24) is 4.90 Å². The van der Waals surface area contributed by atoms with Gasteiger partial charge in [-0.1, -0.05) is 6.07 Å². The van der Waals surface area contributed by atoms with Crippen LogP contribution < -0.4 is 4.74 Å². The summed E-state index contributed by atoms with van der Waals surface area (Å²) in [4.78, 5) is 12.7. The third kappa shape index (κ3) is 4.81. The van der Waals surface area contributed by atoms with Gasteiger partial charge in [-0.2, -0.15) is 0 Å². The highest BCUT2D eigenvalue weighted by molar-refractivity contribution is 5.66. The Morgan fingerprint density at radius 1 is 1.40 bits per heavy atom. The monoisotopic (exact) mass is 283 g/mol. The van der Waals surface area contributed by atoms with Gasteiger partial charge in [0.1, 0.15) is 11.6 Å². The van der Waals surface area contributed by atoms with Crippen molar-refractivity contribution in [2.75, 3.05) is 13.7 Å². The average molecular weight is 283 g/mol. The highest BCUT2D eigenvalue weighted by Crippen LogP contribution is 2.22. The molecule has 0 aromatic heterocycles. The zero-order valence-corrected chi connectivity index (χ0v) is 12.4. The van der Waals surface area contributed by atoms with Crippen LogP contribution in [-0.2, 0) is 11.3 Å². The zero-order chi connectivity index (χ0) is 15.3. The van der Waals surface area contributed by atoms with Crippen LogP contribution in [0.5, 0.6) is 5.75 Å². The Bertz CT molecular complexity index is 469. The van der Waals surface area contributed by atoms with E-state index < -0.39 is 5.97 Å². The summed E-state index contributed by atoms with van der Waals surface area (Å²) in [6, 6.07) is 4.72. The lowest BCUT2D eigenvalue weighted by atomic mass is 10.0. The van der Waals surface area contributed by atoms with Gasteiger partial charge < -0.3 is 9.84 Å². The van der Waals surface area contributed by atoms with Gasteiger partial charge in [0.2, 0.25) is 0 Å². The fraction of sp³-hybridized carbons (Fsp3) is 0.533. The molecule has 1 aromatic rings. The van der Waals surface area contributed by atoms with Gasteiger partial charge in [0.05, 0.1) is 13.5 Å². The normalized spacial score (nSPS) is 11.7. The summed E-state index contributed by atoms with van der Waals surface area (Å²) < 4.78 is 18.9. The predicted molar refractivity (Wildman–Crippen MR) is 75.4 cm³/mol. The van der Waals surface area contributed by atoms with E-state index in [0.717, 1.165) is 0 Å². The molecule has 0 aliphatic rings. The molecule has 0 aliphatic heterocycles. The van der Waals surface area contributed by atoms with Gasteiger partial charge in [-0.15, -0.1) is 0 Å². The average Bonchev–Trinajstić information content (AvgIpc) is 2.34. The Morgan fingerprint density at radius 3 is 2.50 bits per heavy atom. The molecule has 0 fully saturated rings. The first-order valence-electron chi connectivity index (χ1n) is 6.53. The first kappa shape index (κ1) is 16.4. The second-order valence-corrected chi connectivity index (χ2v) is 5.69. The van der Waals surface area contributed by atoms with E-state index in [4.69, 9.17) is 9.84 Å². The molecule has 0 radical (unpaired) electrons. The molecule has 1 N–H and O–H groups in total. The van der Waals surface area contributed by atoms with Crippen LogP contribution in [0.3, 0.4) is 0 Å². The van der Waals surface area contributed by atoms with Crippen LogP contribution in [0.25, 0.3) is 0 Å². The molecule has 4 nitrogen and oxygen atoms in total. The van der Waals surface area contributed by atoms with Crippen molar-refractivity contribution in [1.29, 1.82) is 0 Å². The first-order chi connectivity index (χ1) is 9.24. The molecule has 0 amide bonds. The van der Waals surface area contributed by atoms with E-state index in [1.165, 1.54) is 13.2 Å². The first-order valence-corrected chi connectivity index (χ1v) is 6.53. The molecule has 0 unspecified atom stereocenters. The van der Waals surface area contributed by atoms with Gasteiger partial charge in [-0.05, 0) is 26.8 Å². The number of rotatable bonds is 6. The number of carboxylic acid groups (broad SMARTS) is 1. The van der Waals surface area contributed by atoms with Crippen LogP contribution in [0, 0.1) is 5.82 Å². The molecule has 0 saturated heterocycles. The Hall–Kier alpha value is -1.62. The van der Waals surface area contributed by atoms with E-state index >= 15 is 0 Å². The second-order valence-electron chi connectivity index (χ2n) is 5.69. The van der Waals surface area contributed by atoms with Crippen molar-refractivity contribution in [2.24, 2.45) is 0 Å². The molecule has 5 heteroatoms. The second kappa shape index (κ2) is 6.70. The minimum absolute atomic E-state index is 0.0367. The lowest BCUT2D eigenvalue weighted by Crippen LogP contribution is -2.42. The highest BCUT2D eigenvalue weighted by Gasteiger charge is 2.23. The van der Waals surface area contributed by atoms with Gasteiger partial charge in [-0.3, -0.25) is 9.69 Å². The summed E-state index contributed by atoms with van der Waals surface area (Å²) in [6.07, 6.45) is 0.0367. The van der Waals surface area contributed by atoms with Crippen LogP contribution in [-0.4, -0.2) is 35.2 Å². The number of ether oxygens (including phenoxy) is 1. The minimum Gasteiger partial charge on any atom is -0.497 e. The summed E-state index contributed by atoms with van der Waals surface area (Å²) in [5, 5.41) is 8.80. The third-order valence-corrected chi connectivity index (χ3v) is 3.17. The number of carbonyl (C=O) groups is 1. The number of hydrogen-bond donors (Lipinski definition) is 1. The predicted octanol–water partition coefficient (Wildman–Crippen LogP) is 2.91. The molecule has 0 saturated carbocycles. The number of benzene rings is 1. The van der Waals surface area contributed by atoms with Crippen LogP contribution in [0.2, 0.25) is 0 Å². The molecule has 1 aromatic carbocycles. The molecule has 0 aliphatic carbocycles. The van der Waals surface area contributed by atoms with Crippen LogP contribution in [0.15, 0.2) is 18.2 Å². The topological polar surface area (TPSA) is 49.8 Å². The molecule has 0 heterocycles. The zero-order valence-electron chi connectivity index (χ0n) is 12.4. The molecular weight excluding hydrogens is 261 g/mol. The summed E-state index contributed by atoms with van der Waals surface area (Å²) in [5.41, 5.74) is 0.299. The molecule has 0 spiro atoms. The SMILES string of the molecule is COc1ccc(CN(CCC(=O)O)C(C)(C)C)c(F)c1. The Balaban J connectivity index is 2.86. The summed E-state index contributed by atoms with van der Waals surface area (Å²) in [7, 11) is 1.49. The van der Waals surface area contributed by atoms with Crippen molar-refractivity contribution < 1.29 is 19.0 Å². The molecule has 112 valence electrons. The fourth-order valence-corrected chi connectivity index (χ4v) is 1.87. The maximum Gasteiger partial charge on any atom is 0.304 e. The van der Waals surface area contributed by atoms with Crippen LogP contribution in [0.1, 0.15) is 32.8 Å². The number of carboxylic acids is 1. The van der Waals surface area contributed by atoms with E-state index in [9.17, 15) is 9.18 Å². The third-order valence-electron chi connectivity index (χ3n) is 3.17. The Labute approximate surface area is 119 Å². The maximum absolute atomic E-state index is 14.0. The molecule has 1 rings (SSSR count). The van der Waals surface area contributed by atoms with Gasteiger partial charge in [0, 0.05) is 30.3 Å². The summed E-state index contributed by atoms with van der Waals surface area (Å²) >= 11 is 0. The smallest absolute Gasteiger partial charge is 0.304 e. The van der Waals surface area contributed by atoms with E-state index in [1.807, 2.05) is 25.7 Å². The number of nitrogens with zero attached hydrogens (tertiary/aromatic N) is 1. The number of aliphatic carboxylic acids is 1. The molecule has 20 heavy (non-hydrogen) atoms. The summed E-state index contributed by atoms with van der Waals surface area (Å²) in [5.74, 6) is -0.720. The van der Waals surface area contributed by atoms with E-state index in [-0.39, 0.29) is 17.8 Å². The highest BCUT2D eigenvalue weighted by atomic mass is 19.1. The van der Waals surface area contributed by atoms with Crippen LogP contribution in [0.4, 0.5) is 4.39 Å². The molecule has 0 atom stereocenters. The summed E-state index contributed by atoms with van der Waals surface area (Å²) in [6.45, 7) is 6.69. The van der Waals surface area contributed by atoms with E-state index in [0.29, 0.717) is 24.4 Å². The quantitative estimate of drug-likeness (QED) is 0.872. The number of methoxy groups -OCH3 is 1. The Morgan fingerprint density at radius 2 is 2.05 bits per heavy atom. The lowest BCUT2D eigenvalue weighted by Gasteiger charge is -2.35. The van der Waals surface area contributed by atoms with Crippen molar-refractivity contribution in [3.8, 4) is 5.75 Å². The molecular formula is C15H22FNO3. The maximum atomic E-state index is 14.0. The van der Waals surface area contributed by atoms with Crippen LogP contribution >= 0.6 is 0 Å². The Kier molecular flexibility index (Phi) is 5.51. The van der Waals surface area contributed by atoms with Crippen molar-refractivity contribution in [2.45, 2.75) is 39.3 Å². The largest absolute Gasteiger partial charge is 0.497 e. The lowest BCUT2D eigenvalue weighted by molar-refractivity contribution is -0.137. The van der Waals surface area contributed by atoms with Crippen molar-refractivity contribution in [3.05, 3.63) is 29.6 Å². The number of halogens is 1. The van der Waals surface area contributed by atoms with Gasteiger partial charge >= 0.3 is 5.97 Å². The van der Waals surface area contributed by atoms with Gasteiger partial charge in [0.25, 0.3) is 0 Å².